The normalized spacial score (nSPS) is 16.2. The summed E-state index contributed by atoms with van der Waals surface area (Å²) < 4.78 is 1.78. The van der Waals surface area contributed by atoms with Crippen LogP contribution in [0.1, 0.15) is 36.3 Å². The highest BCUT2D eigenvalue weighted by molar-refractivity contribution is 5.95. The molecule has 0 aromatic carbocycles. The van der Waals surface area contributed by atoms with Crippen LogP contribution < -0.4 is 0 Å². The molecule has 128 valence electrons. The maximum absolute atomic E-state index is 13.0. The summed E-state index contributed by atoms with van der Waals surface area (Å²) in [6.45, 7) is 8.86. The van der Waals surface area contributed by atoms with Gasteiger partial charge >= 0.3 is 0 Å². The topological polar surface area (TPSA) is 54.3 Å². The maximum atomic E-state index is 13.0. The number of pyridine rings is 1. The fourth-order valence-electron chi connectivity index (χ4n) is 3.23. The largest absolute Gasteiger partial charge is 0.337 e. The molecule has 1 fully saturated rings. The zero-order valence-corrected chi connectivity index (χ0v) is 14.5. The quantitative estimate of drug-likeness (QED) is 0.862. The lowest BCUT2D eigenvalue weighted by Gasteiger charge is -2.21. The summed E-state index contributed by atoms with van der Waals surface area (Å²) in [6, 6.07) is 5.71. The van der Waals surface area contributed by atoms with Crippen LogP contribution in [0.4, 0.5) is 0 Å². The third-order valence-corrected chi connectivity index (χ3v) is 4.62. The Kier molecular flexibility index (Phi) is 5.25. The first-order valence-corrected chi connectivity index (χ1v) is 8.74. The van der Waals surface area contributed by atoms with Gasteiger partial charge in [0.05, 0.1) is 17.5 Å². The maximum Gasteiger partial charge on any atom is 0.257 e. The van der Waals surface area contributed by atoms with Crippen LogP contribution in [0.3, 0.4) is 0 Å². The Labute approximate surface area is 143 Å². The highest BCUT2D eigenvalue weighted by Crippen LogP contribution is 2.17. The molecule has 0 N–H and O–H groups in total. The van der Waals surface area contributed by atoms with Crippen LogP contribution in [0.5, 0.6) is 0 Å². The van der Waals surface area contributed by atoms with Crippen LogP contribution in [-0.4, -0.2) is 63.2 Å². The summed E-state index contributed by atoms with van der Waals surface area (Å²) in [6.07, 6.45) is 5.20. The molecule has 0 saturated carbocycles. The van der Waals surface area contributed by atoms with Gasteiger partial charge in [-0.3, -0.25) is 4.79 Å². The third-order valence-electron chi connectivity index (χ3n) is 4.62. The number of rotatable bonds is 4. The number of aromatic nitrogens is 3. The predicted octanol–water partition coefficient (Wildman–Crippen LogP) is 2.00. The van der Waals surface area contributed by atoms with E-state index >= 15 is 0 Å². The van der Waals surface area contributed by atoms with E-state index in [4.69, 9.17) is 0 Å². The fraction of sp³-hybridized carbons (Fsp3) is 0.500. The number of carbonyl (C=O) groups is 1. The smallest absolute Gasteiger partial charge is 0.257 e. The highest BCUT2D eigenvalue weighted by atomic mass is 16.2. The van der Waals surface area contributed by atoms with Gasteiger partial charge in [0.2, 0.25) is 0 Å². The van der Waals surface area contributed by atoms with Crippen molar-refractivity contribution in [2.75, 3.05) is 32.7 Å². The Hall–Kier alpha value is -2.21. The van der Waals surface area contributed by atoms with E-state index in [-0.39, 0.29) is 5.91 Å². The van der Waals surface area contributed by atoms with E-state index in [1.165, 1.54) is 0 Å². The second-order valence-corrected chi connectivity index (χ2v) is 6.04. The third kappa shape index (κ3) is 3.33. The molecule has 0 aliphatic carbocycles. The number of nitrogens with zero attached hydrogens (tertiary/aromatic N) is 5. The molecule has 0 bridgehead atoms. The van der Waals surface area contributed by atoms with Gasteiger partial charge in [-0.1, -0.05) is 19.9 Å². The number of hydrogen-bond donors (Lipinski definition) is 0. The van der Waals surface area contributed by atoms with E-state index in [2.05, 4.69) is 28.8 Å². The molecule has 1 saturated heterocycles. The molecule has 1 aliphatic rings. The molecule has 2 aromatic heterocycles. The Balaban J connectivity index is 1.84. The number of amides is 1. The molecule has 0 spiro atoms. The van der Waals surface area contributed by atoms with Crippen LogP contribution in [-0.2, 0) is 6.42 Å². The monoisotopic (exact) mass is 327 g/mol. The van der Waals surface area contributed by atoms with Gasteiger partial charge in [0.15, 0.2) is 5.82 Å². The van der Waals surface area contributed by atoms with Crippen molar-refractivity contribution in [3.63, 3.8) is 0 Å². The van der Waals surface area contributed by atoms with Crippen molar-refractivity contribution in [3.05, 3.63) is 41.9 Å². The van der Waals surface area contributed by atoms with Gasteiger partial charge in [-0.2, -0.15) is 5.10 Å². The lowest BCUT2D eigenvalue weighted by molar-refractivity contribution is 0.0760. The van der Waals surface area contributed by atoms with Crippen LogP contribution in [0.15, 0.2) is 30.6 Å². The zero-order valence-electron chi connectivity index (χ0n) is 14.5. The van der Waals surface area contributed by atoms with Gasteiger partial charge in [0.1, 0.15) is 0 Å². The highest BCUT2D eigenvalue weighted by Gasteiger charge is 2.24. The minimum Gasteiger partial charge on any atom is -0.337 e. The van der Waals surface area contributed by atoms with E-state index in [1.807, 2.05) is 23.1 Å². The van der Waals surface area contributed by atoms with Gasteiger partial charge in [0.25, 0.3) is 5.91 Å². The minimum absolute atomic E-state index is 0.0898. The molecule has 0 atom stereocenters. The number of hydrogen-bond acceptors (Lipinski definition) is 4. The average Bonchev–Trinajstić information content (AvgIpc) is 2.91. The molecular weight excluding hydrogens is 302 g/mol. The molecule has 1 aliphatic heterocycles. The molecule has 6 heteroatoms. The van der Waals surface area contributed by atoms with Gasteiger partial charge in [-0.05, 0) is 38.1 Å². The number of likely N-dealkylation sites (N-methyl/N-ethyl adjacent to an activating group) is 1. The van der Waals surface area contributed by atoms with Crippen LogP contribution in [0.25, 0.3) is 5.82 Å². The van der Waals surface area contributed by atoms with E-state index in [0.717, 1.165) is 57.1 Å². The summed E-state index contributed by atoms with van der Waals surface area (Å²) in [4.78, 5) is 21.7. The van der Waals surface area contributed by atoms with Gasteiger partial charge < -0.3 is 9.80 Å². The van der Waals surface area contributed by atoms with Crippen LogP contribution in [0, 0.1) is 0 Å². The lowest BCUT2D eigenvalue weighted by Crippen LogP contribution is -2.35. The molecule has 24 heavy (non-hydrogen) atoms. The molecule has 0 unspecified atom stereocenters. The van der Waals surface area contributed by atoms with Gasteiger partial charge in [-0.25, -0.2) is 9.67 Å². The molecule has 0 radical (unpaired) electrons. The number of carbonyl (C=O) groups excluding carboxylic acids is 1. The van der Waals surface area contributed by atoms with E-state index in [9.17, 15) is 4.79 Å². The molecule has 3 heterocycles. The molecule has 1 amide bonds. The SMILES string of the molecule is CCc1c(C(=O)N2CCCN(CC)CC2)cnn1-c1ccccn1. The summed E-state index contributed by atoms with van der Waals surface area (Å²) in [7, 11) is 0. The molecule has 6 nitrogen and oxygen atoms in total. The average molecular weight is 327 g/mol. The van der Waals surface area contributed by atoms with Crippen LogP contribution >= 0.6 is 0 Å². The van der Waals surface area contributed by atoms with Crippen molar-refractivity contribution in [3.8, 4) is 5.82 Å². The van der Waals surface area contributed by atoms with Gasteiger partial charge in [0, 0.05) is 25.8 Å². The zero-order chi connectivity index (χ0) is 16.9. The lowest BCUT2D eigenvalue weighted by atomic mass is 10.1. The first-order chi connectivity index (χ1) is 11.7. The summed E-state index contributed by atoms with van der Waals surface area (Å²) in [5.74, 6) is 0.841. The minimum atomic E-state index is 0.0898. The first kappa shape index (κ1) is 16.6. The van der Waals surface area contributed by atoms with Crippen molar-refractivity contribution in [2.45, 2.75) is 26.7 Å². The Bertz CT molecular complexity index is 682. The van der Waals surface area contributed by atoms with Crippen molar-refractivity contribution in [1.29, 1.82) is 0 Å². The van der Waals surface area contributed by atoms with Crippen molar-refractivity contribution < 1.29 is 4.79 Å². The molecule has 2 aromatic rings. The van der Waals surface area contributed by atoms with Crippen LogP contribution in [0.2, 0.25) is 0 Å². The first-order valence-electron chi connectivity index (χ1n) is 8.74. The van der Waals surface area contributed by atoms with Crippen molar-refractivity contribution >= 4 is 5.91 Å². The summed E-state index contributed by atoms with van der Waals surface area (Å²) >= 11 is 0. The second kappa shape index (κ2) is 7.57. The summed E-state index contributed by atoms with van der Waals surface area (Å²) in [5.41, 5.74) is 1.63. The molecular formula is C18H25N5O. The van der Waals surface area contributed by atoms with Crippen molar-refractivity contribution in [2.24, 2.45) is 0 Å². The van der Waals surface area contributed by atoms with E-state index in [1.54, 1.807) is 17.1 Å². The van der Waals surface area contributed by atoms with Gasteiger partial charge in [-0.15, -0.1) is 0 Å². The molecule has 3 rings (SSSR count). The fourth-order valence-corrected chi connectivity index (χ4v) is 3.23. The Morgan fingerprint density at radius 2 is 2.04 bits per heavy atom. The standard InChI is InChI=1S/C18H25N5O/c1-3-16-15(14-20-23(16)17-8-5-6-9-19-17)18(24)22-11-7-10-21(4-2)12-13-22/h5-6,8-9,14H,3-4,7,10-13H2,1-2H3. The summed E-state index contributed by atoms with van der Waals surface area (Å²) in [5, 5.41) is 4.42. The Morgan fingerprint density at radius 1 is 1.17 bits per heavy atom. The van der Waals surface area contributed by atoms with E-state index < -0.39 is 0 Å². The van der Waals surface area contributed by atoms with Crippen molar-refractivity contribution in [1.82, 2.24) is 24.6 Å². The Morgan fingerprint density at radius 3 is 2.75 bits per heavy atom. The van der Waals surface area contributed by atoms with E-state index in [0.29, 0.717) is 5.56 Å². The second-order valence-electron chi connectivity index (χ2n) is 6.04. The predicted molar refractivity (Wildman–Crippen MR) is 93.4 cm³/mol.